The maximum atomic E-state index is 12.6. The second kappa shape index (κ2) is 6.58. The van der Waals surface area contributed by atoms with E-state index in [1.165, 1.54) is 18.4 Å². The Morgan fingerprint density at radius 1 is 1.33 bits per heavy atom. The number of rotatable bonds is 5. The van der Waals surface area contributed by atoms with Crippen LogP contribution in [0.2, 0.25) is 0 Å². The molecule has 0 aliphatic carbocycles. The van der Waals surface area contributed by atoms with Gasteiger partial charge in [0.2, 0.25) is 0 Å². The molecule has 1 atom stereocenters. The first-order valence-corrected chi connectivity index (χ1v) is 8.19. The van der Waals surface area contributed by atoms with Crippen molar-refractivity contribution in [1.82, 2.24) is 14.5 Å². The Morgan fingerprint density at radius 2 is 2.12 bits per heavy atom. The predicted octanol–water partition coefficient (Wildman–Crippen LogP) is 1.91. The number of H-pyrrole nitrogens is 1. The zero-order valence-corrected chi connectivity index (χ0v) is 14.3. The van der Waals surface area contributed by atoms with Crippen LogP contribution in [-0.4, -0.2) is 28.8 Å². The predicted molar refractivity (Wildman–Crippen MR) is 92.0 cm³/mol. The van der Waals surface area contributed by atoms with Crippen LogP contribution in [0.4, 0.5) is 0 Å². The van der Waals surface area contributed by atoms with Crippen molar-refractivity contribution in [2.45, 2.75) is 19.6 Å². The van der Waals surface area contributed by atoms with Crippen molar-refractivity contribution in [1.29, 1.82) is 0 Å². The van der Waals surface area contributed by atoms with Crippen molar-refractivity contribution in [3.8, 4) is 5.75 Å². The fourth-order valence-corrected chi connectivity index (χ4v) is 3.19. The SMILES string of the molecule is COc1ccc2c(=O)n(Cc3csc(C(C)OC)n3)c(=O)[nH]c2c1. The van der Waals surface area contributed by atoms with E-state index in [0.29, 0.717) is 22.3 Å². The lowest BCUT2D eigenvalue weighted by atomic mass is 10.2. The van der Waals surface area contributed by atoms with Crippen molar-refractivity contribution in [3.63, 3.8) is 0 Å². The Bertz CT molecular complexity index is 989. The van der Waals surface area contributed by atoms with E-state index in [2.05, 4.69) is 9.97 Å². The normalized spacial score (nSPS) is 12.5. The summed E-state index contributed by atoms with van der Waals surface area (Å²) in [6.45, 7) is 2.01. The first-order chi connectivity index (χ1) is 11.5. The maximum absolute atomic E-state index is 12.6. The molecule has 3 rings (SSSR count). The Hall–Kier alpha value is -2.45. The molecule has 0 aliphatic heterocycles. The van der Waals surface area contributed by atoms with E-state index in [0.717, 1.165) is 9.57 Å². The molecule has 0 radical (unpaired) electrons. The lowest BCUT2D eigenvalue weighted by molar-refractivity contribution is 0.119. The number of nitrogens with one attached hydrogen (secondary N) is 1. The molecule has 0 saturated heterocycles. The van der Waals surface area contributed by atoms with Crippen LogP contribution in [0, 0.1) is 0 Å². The van der Waals surface area contributed by atoms with Crippen molar-refractivity contribution in [3.05, 3.63) is 55.1 Å². The van der Waals surface area contributed by atoms with Crippen molar-refractivity contribution in [2.24, 2.45) is 0 Å². The van der Waals surface area contributed by atoms with E-state index in [1.54, 1.807) is 25.3 Å². The first kappa shape index (κ1) is 16.4. The van der Waals surface area contributed by atoms with Crippen molar-refractivity contribution < 1.29 is 9.47 Å². The molecule has 2 aromatic heterocycles. The zero-order valence-electron chi connectivity index (χ0n) is 13.5. The monoisotopic (exact) mass is 347 g/mol. The van der Waals surface area contributed by atoms with Crippen LogP contribution in [0.25, 0.3) is 10.9 Å². The van der Waals surface area contributed by atoms with Crippen LogP contribution in [0.1, 0.15) is 23.7 Å². The van der Waals surface area contributed by atoms with Crippen molar-refractivity contribution >= 4 is 22.2 Å². The van der Waals surface area contributed by atoms with Crippen molar-refractivity contribution in [2.75, 3.05) is 14.2 Å². The highest BCUT2D eigenvalue weighted by atomic mass is 32.1. The molecule has 7 nitrogen and oxygen atoms in total. The van der Waals surface area contributed by atoms with Gasteiger partial charge in [-0.25, -0.2) is 9.78 Å². The number of hydrogen-bond donors (Lipinski definition) is 1. The highest BCUT2D eigenvalue weighted by Gasteiger charge is 2.13. The zero-order chi connectivity index (χ0) is 17.3. The van der Waals surface area contributed by atoms with Gasteiger partial charge in [0.15, 0.2) is 0 Å². The second-order valence-electron chi connectivity index (χ2n) is 5.29. The largest absolute Gasteiger partial charge is 0.497 e. The lowest BCUT2D eigenvalue weighted by Gasteiger charge is -2.07. The van der Waals surface area contributed by atoms with Gasteiger partial charge >= 0.3 is 5.69 Å². The molecule has 0 aliphatic rings. The highest BCUT2D eigenvalue weighted by Crippen LogP contribution is 2.20. The van der Waals surface area contributed by atoms with Gasteiger partial charge in [-0.15, -0.1) is 11.3 Å². The molecule has 0 saturated carbocycles. The summed E-state index contributed by atoms with van der Waals surface area (Å²) in [5, 5.41) is 3.06. The smallest absolute Gasteiger partial charge is 0.329 e. The summed E-state index contributed by atoms with van der Waals surface area (Å²) < 4.78 is 11.5. The van der Waals surface area contributed by atoms with E-state index in [1.807, 2.05) is 12.3 Å². The number of benzene rings is 1. The van der Waals surface area contributed by atoms with E-state index in [-0.39, 0.29) is 18.2 Å². The molecule has 24 heavy (non-hydrogen) atoms. The Balaban J connectivity index is 2.02. The molecule has 3 aromatic rings. The molecule has 1 N–H and O–H groups in total. The molecule has 8 heteroatoms. The van der Waals surface area contributed by atoms with Crippen LogP contribution in [0.3, 0.4) is 0 Å². The molecule has 0 amide bonds. The Labute approximate surface area is 141 Å². The molecule has 0 spiro atoms. The molecule has 126 valence electrons. The third-order valence-corrected chi connectivity index (χ3v) is 4.83. The molecular formula is C16H17N3O4S. The number of thiazole rings is 1. The minimum Gasteiger partial charge on any atom is -0.497 e. The average molecular weight is 347 g/mol. The van der Waals surface area contributed by atoms with Gasteiger partial charge in [0.05, 0.1) is 30.3 Å². The number of methoxy groups -OCH3 is 2. The van der Waals surface area contributed by atoms with Gasteiger partial charge in [-0.1, -0.05) is 0 Å². The van der Waals surface area contributed by atoms with E-state index in [4.69, 9.17) is 9.47 Å². The number of fused-ring (bicyclic) bond motifs is 1. The molecule has 2 heterocycles. The Kier molecular flexibility index (Phi) is 4.50. The summed E-state index contributed by atoms with van der Waals surface area (Å²) in [5.74, 6) is 0.577. The van der Waals surface area contributed by atoms with Gasteiger partial charge < -0.3 is 14.5 Å². The fourth-order valence-electron chi connectivity index (χ4n) is 2.35. The molecular weight excluding hydrogens is 330 g/mol. The number of aromatic amines is 1. The third-order valence-electron chi connectivity index (χ3n) is 3.78. The van der Waals surface area contributed by atoms with Gasteiger partial charge in [0.1, 0.15) is 16.9 Å². The topological polar surface area (TPSA) is 86.2 Å². The van der Waals surface area contributed by atoms with Gasteiger partial charge in [0, 0.05) is 18.6 Å². The summed E-state index contributed by atoms with van der Waals surface area (Å²) in [7, 11) is 3.14. The standard InChI is InChI=1S/C16H17N3O4S/c1-9(22-2)14-17-10(8-24-14)7-19-15(20)12-5-4-11(23-3)6-13(12)18-16(19)21/h4-6,8-9H,7H2,1-3H3,(H,18,21). The van der Waals surface area contributed by atoms with Crippen LogP contribution < -0.4 is 16.0 Å². The summed E-state index contributed by atoms with van der Waals surface area (Å²) in [6, 6.07) is 4.96. The second-order valence-corrected chi connectivity index (χ2v) is 6.18. The molecule has 0 bridgehead atoms. The third kappa shape index (κ3) is 2.98. The van der Waals surface area contributed by atoms with E-state index in [9.17, 15) is 9.59 Å². The van der Waals surface area contributed by atoms with Crippen LogP contribution in [-0.2, 0) is 11.3 Å². The van der Waals surface area contributed by atoms with Gasteiger partial charge in [-0.05, 0) is 19.1 Å². The number of nitrogens with zero attached hydrogens (tertiary/aromatic N) is 2. The Morgan fingerprint density at radius 3 is 2.83 bits per heavy atom. The molecule has 1 unspecified atom stereocenters. The highest BCUT2D eigenvalue weighted by molar-refractivity contribution is 7.09. The van der Waals surface area contributed by atoms with Crippen LogP contribution >= 0.6 is 11.3 Å². The van der Waals surface area contributed by atoms with Gasteiger partial charge in [-0.2, -0.15) is 0 Å². The van der Waals surface area contributed by atoms with Crippen LogP contribution in [0.5, 0.6) is 5.75 Å². The first-order valence-electron chi connectivity index (χ1n) is 7.31. The number of ether oxygens (including phenoxy) is 2. The van der Waals surface area contributed by atoms with E-state index < -0.39 is 5.69 Å². The average Bonchev–Trinajstić information content (AvgIpc) is 3.06. The fraction of sp³-hybridized carbons (Fsp3) is 0.312. The van der Waals surface area contributed by atoms with Gasteiger partial charge in [-0.3, -0.25) is 9.36 Å². The number of hydrogen-bond acceptors (Lipinski definition) is 6. The minimum atomic E-state index is -0.477. The number of aromatic nitrogens is 3. The minimum absolute atomic E-state index is 0.114. The molecule has 0 fully saturated rings. The van der Waals surface area contributed by atoms with Crippen LogP contribution in [0.15, 0.2) is 33.2 Å². The lowest BCUT2D eigenvalue weighted by Crippen LogP contribution is -2.35. The van der Waals surface area contributed by atoms with E-state index >= 15 is 0 Å². The quantitative estimate of drug-likeness (QED) is 0.762. The molecule has 1 aromatic carbocycles. The summed E-state index contributed by atoms with van der Waals surface area (Å²) >= 11 is 1.44. The summed E-state index contributed by atoms with van der Waals surface area (Å²) in [4.78, 5) is 32.0. The summed E-state index contributed by atoms with van der Waals surface area (Å²) in [5.41, 5.74) is 0.271. The maximum Gasteiger partial charge on any atom is 0.329 e. The van der Waals surface area contributed by atoms with Gasteiger partial charge in [0.25, 0.3) is 5.56 Å². The summed E-state index contributed by atoms with van der Waals surface area (Å²) in [6.07, 6.45) is -0.122.